The average molecular weight is 185 g/mol. The van der Waals surface area contributed by atoms with E-state index >= 15 is 0 Å². The van der Waals surface area contributed by atoms with Gasteiger partial charge in [0, 0.05) is 6.04 Å². The van der Waals surface area contributed by atoms with Crippen LogP contribution in [0.15, 0.2) is 0 Å². The van der Waals surface area contributed by atoms with Crippen LogP contribution in [0.4, 0.5) is 0 Å². The zero-order chi connectivity index (χ0) is 10.1. The maximum absolute atomic E-state index is 6.00. The van der Waals surface area contributed by atoms with Crippen LogP contribution < -0.4 is 5.32 Å². The van der Waals surface area contributed by atoms with Gasteiger partial charge >= 0.3 is 0 Å². The third-order valence-corrected chi connectivity index (χ3v) is 2.52. The highest BCUT2D eigenvalue weighted by Crippen LogP contribution is 2.34. The standard InChI is InChI=1S/C11H23NO/c1-6-12-9-7-10(2,3)13-11(4,5)8-9/h9,12H,6-8H2,1-5H3. The summed E-state index contributed by atoms with van der Waals surface area (Å²) < 4.78 is 6.00. The van der Waals surface area contributed by atoms with Crippen LogP contribution in [0.25, 0.3) is 0 Å². The van der Waals surface area contributed by atoms with Crippen LogP contribution in [0.5, 0.6) is 0 Å². The SMILES string of the molecule is CCNC1CC(C)(C)OC(C)(C)C1. The lowest BCUT2D eigenvalue weighted by molar-refractivity contribution is -0.163. The first-order valence-electron chi connectivity index (χ1n) is 5.28. The van der Waals surface area contributed by atoms with Crippen LogP contribution in [0.2, 0.25) is 0 Å². The molecule has 0 aromatic heterocycles. The highest BCUT2D eigenvalue weighted by Gasteiger charge is 2.38. The molecular weight excluding hydrogens is 162 g/mol. The van der Waals surface area contributed by atoms with Gasteiger partial charge in [-0.05, 0) is 47.1 Å². The zero-order valence-corrected chi connectivity index (χ0v) is 9.61. The lowest BCUT2D eigenvalue weighted by Crippen LogP contribution is -2.51. The smallest absolute Gasteiger partial charge is 0.0648 e. The van der Waals surface area contributed by atoms with Gasteiger partial charge in [-0.25, -0.2) is 0 Å². The largest absolute Gasteiger partial charge is 0.370 e. The van der Waals surface area contributed by atoms with E-state index in [0.29, 0.717) is 6.04 Å². The molecule has 1 fully saturated rings. The molecule has 0 spiro atoms. The van der Waals surface area contributed by atoms with Gasteiger partial charge in [0.2, 0.25) is 0 Å². The maximum Gasteiger partial charge on any atom is 0.0648 e. The number of ether oxygens (including phenoxy) is 1. The van der Waals surface area contributed by atoms with Crippen LogP contribution in [-0.4, -0.2) is 23.8 Å². The normalized spacial score (nSPS) is 27.5. The molecule has 0 saturated carbocycles. The van der Waals surface area contributed by atoms with E-state index in [9.17, 15) is 0 Å². The van der Waals surface area contributed by atoms with E-state index in [4.69, 9.17) is 4.74 Å². The summed E-state index contributed by atoms with van der Waals surface area (Å²) in [4.78, 5) is 0. The first kappa shape index (κ1) is 11.0. The molecule has 1 rings (SSSR count). The van der Waals surface area contributed by atoms with E-state index < -0.39 is 0 Å². The Morgan fingerprint density at radius 3 is 2.00 bits per heavy atom. The molecule has 0 aromatic carbocycles. The van der Waals surface area contributed by atoms with Crippen molar-refractivity contribution in [2.75, 3.05) is 6.54 Å². The molecule has 78 valence electrons. The van der Waals surface area contributed by atoms with Crippen LogP contribution in [0, 0.1) is 0 Å². The van der Waals surface area contributed by atoms with E-state index in [0.717, 1.165) is 19.4 Å². The van der Waals surface area contributed by atoms with Crippen molar-refractivity contribution in [3.05, 3.63) is 0 Å². The summed E-state index contributed by atoms with van der Waals surface area (Å²) in [6.07, 6.45) is 2.23. The molecule has 1 aliphatic rings. The Hall–Kier alpha value is -0.0800. The van der Waals surface area contributed by atoms with Gasteiger partial charge in [-0.2, -0.15) is 0 Å². The van der Waals surface area contributed by atoms with Gasteiger partial charge in [-0.15, -0.1) is 0 Å². The van der Waals surface area contributed by atoms with E-state index in [1.54, 1.807) is 0 Å². The fourth-order valence-corrected chi connectivity index (χ4v) is 2.52. The average Bonchev–Trinajstić information content (AvgIpc) is 1.78. The minimum atomic E-state index is 0.0224. The molecule has 0 radical (unpaired) electrons. The van der Waals surface area contributed by atoms with Crippen molar-refractivity contribution in [1.29, 1.82) is 0 Å². The molecule has 1 N–H and O–H groups in total. The van der Waals surface area contributed by atoms with E-state index in [1.807, 2.05) is 0 Å². The van der Waals surface area contributed by atoms with Crippen molar-refractivity contribution in [1.82, 2.24) is 5.32 Å². The topological polar surface area (TPSA) is 21.3 Å². The van der Waals surface area contributed by atoms with Crippen molar-refractivity contribution < 1.29 is 4.74 Å². The highest BCUT2D eigenvalue weighted by atomic mass is 16.5. The third-order valence-electron chi connectivity index (χ3n) is 2.52. The Kier molecular flexibility index (Phi) is 3.03. The van der Waals surface area contributed by atoms with Gasteiger partial charge in [0.05, 0.1) is 11.2 Å². The van der Waals surface area contributed by atoms with Crippen molar-refractivity contribution >= 4 is 0 Å². The summed E-state index contributed by atoms with van der Waals surface area (Å²) in [5, 5.41) is 3.52. The van der Waals surface area contributed by atoms with Gasteiger partial charge in [0.25, 0.3) is 0 Å². The molecule has 0 aromatic rings. The molecule has 1 saturated heterocycles. The molecule has 0 bridgehead atoms. The predicted octanol–water partition coefficient (Wildman–Crippen LogP) is 2.33. The Balaban J connectivity index is 2.61. The van der Waals surface area contributed by atoms with Crippen molar-refractivity contribution in [2.45, 2.75) is 64.7 Å². The van der Waals surface area contributed by atoms with E-state index in [-0.39, 0.29) is 11.2 Å². The second-order valence-corrected chi connectivity index (χ2v) is 5.28. The molecular formula is C11H23NO. The fraction of sp³-hybridized carbons (Fsp3) is 1.00. The minimum absolute atomic E-state index is 0.0224. The predicted molar refractivity (Wildman–Crippen MR) is 55.9 cm³/mol. The van der Waals surface area contributed by atoms with E-state index in [1.165, 1.54) is 0 Å². The number of hydrogen-bond donors (Lipinski definition) is 1. The summed E-state index contributed by atoms with van der Waals surface area (Å²) in [7, 11) is 0. The van der Waals surface area contributed by atoms with Crippen LogP contribution in [-0.2, 0) is 4.74 Å². The van der Waals surface area contributed by atoms with Gasteiger partial charge in [-0.3, -0.25) is 0 Å². The molecule has 13 heavy (non-hydrogen) atoms. The van der Waals surface area contributed by atoms with Crippen molar-refractivity contribution in [3.8, 4) is 0 Å². The summed E-state index contributed by atoms with van der Waals surface area (Å²) in [5.74, 6) is 0. The van der Waals surface area contributed by atoms with Gasteiger partial charge in [-0.1, -0.05) is 6.92 Å². The van der Waals surface area contributed by atoms with Crippen LogP contribution >= 0.6 is 0 Å². The minimum Gasteiger partial charge on any atom is -0.370 e. The third kappa shape index (κ3) is 3.28. The Bertz CT molecular complexity index is 159. The maximum atomic E-state index is 6.00. The van der Waals surface area contributed by atoms with E-state index in [2.05, 4.69) is 39.9 Å². The Morgan fingerprint density at radius 2 is 1.62 bits per heavy atom. The fourth-order valence-electron chi connectivity index (χ4n) is 2.52. The summed E-state index contributed by atoms with van der Waals surface area (Å²) in [6.45, 7) is 11.9. The van der Waals surface area contributed by atoms with Gasteiger partial charge in [0.15, 0.2) is 0 Å². The molecule has 0 atom stereocenters. The second-order valence-electron chi connectivity index (χ2n) is 5.28. The molecule has 1 aliphatic heterocycles. The molecule has 2 heteroatoms. The van der Waals surface area contributed by atoms with Crippen molar-refractivity contribution in [3.63, 3.8) is 0 Å². The number of nitrogens with one attached hydrogen (secondary N) is 1. The molecule has 0 unspecified atom stereocenters. The summed E-state index contributed by atoms with van der Waals surface area (Å²) in [5.41, 5.74) is 0.0448. The second kappa shape index (κ2) is 3.58. The number of rotatable bonds is 2. The highest BCUT2D eigenvalue weighted by molar-refractivity contribution is 4.91. The molecule has 0 aliphatic carbocycles. The van der Waals surface area contributed by atoms with Gasteiger partial charge < -0.3 is 10.1 Å². The van der Waals surface area contributed by atoms with Crippen molar-refractivity contribution in [2.24, 2.45) is 0 Å². The van der Waals surface area contributed by atoms with Crippen LogP contribution in [0.3, 0.4) is 0 Å². The lowest BCUT2D eigenvalue weighted by atomic mass is 9.85. The Labute approximate surface area is 82.0 Å². The summed E-state index contributed by atoms with van der Waals surface area (Å²) in [6, 6.07) is 0.615. The first-order chi connectivity index (χ1) is 5.85. The lowest BCUT2D eigenvalue weighted by Gasteiger charge is -2.45. The molecule has 2 nitrogen and oxygen atoms in total. The quantitative estimate of drug-likeness (QED) is 0.713. The monoisotopic (exact) mass is 185 g/mol. The molecule has 1 heterocycles. The first-order valence-corrected chi connectivity index (χ1v) is 5.28. The number of hydrogen-bond acceptors (Lipinski definition) is 2. The molecule has 0 amide bonds. The summed E-state index contributed by atoms with van der Waals surface area (Å²) >= 11 is 0. The Morgan fingerprint density at radius 1 is 1.15 bits per heavy atom. The van der Waals surface area contributed by atoms with Crippen LogP contribution in [0.1, 0.15) is 47.5 Å². The zero-order valence-electron chi connectivity index (χ0n) is 9.61. The van der Waals surface area contributed by atoms with Gasteiger partial charge in [0.1, 0.15) is 0 Å².